The summed E-state index contributed by atoms with van der Waals surface area (Å²) in [6, 6.07) is 9.04. The van der Waals surface area contributed by atoms with E-state index in [-0.39, 0.29) is 0 Å². The molecule has 0 N–H and O–H groups in total. The van der Waals surface area contributed by atoms with Crippen LogP contribution in [-0.2, 0) is 4.74 Å². The number of thiol groups is 1. The van der Waals surface area contributed by atoms with Crippen molar-refractivity contribution in [3.63, 3.8) is 0 Å². The van der Waals surface area contributed by atoms with Gasteiger partial charge in [0.1, 0.15) is 0 Å². The number of ether oxygens (including phenoxy) is 1. The van der Waals surface area contributed by atoms with E-state index in [0.29, 0.717) is 5.69 Å². The summed E-state index contributed by atoms with van der Waals surface area (Å²) in [6.07, 6.45) is -0.496. The minimum absolute atomic E-state index is 0.496. The highest BCUT2D eigenvalue weighted by Crippen LogP contribution is 2.15. The van der Waals surface area contributed by atoms with Crippen molar-refractivity contribution >= 4 is 24.6 Å². The van der Waals surface area contributed by atoms with Gasteiger partial charge < -0.3 is 4.74 Å². The molecule has 0 atom stereocenters. The fourth-order valence-corrected chi connectivity index (χ4v) is 0.976. The van der Waals surface area contributed by atoms with E-state index >= 15 is 0 Å². The Hall–Kier alpha value is -1.16. The second-order valence-electron chi connectivity index (χ2n) is 2.12. The zero-order chi connectivity index (χ0) is 8.97. The second-order valence-corrected chi connectivity index (χ2v) is 2.52. The van der Waals surface area contributed by atoms with Gasteiger partial charge in [0, 0.05) is 0 Å². The summed E-state index contributed by atoms with van der Waals surface area (Å²) >= 11 is 3.95. The van der Waals surface area contributed by atoms with Crippen LogP contribution >= 0.6 is 12.8 Å². The first-order valence-electron chi connectivity index (χ1n) is 3.37. The molecule has 1 rings (SSSR count). The number of amides is 1. The molecule has 0 saturated heterocycles. The minimum Gasteiger partial charge on any atom is -0.452 e. The van der Waals surface area contributed by atoms with Crippen molar-refractivity contribution in [2.75, 3.05) is 11.4 Å². The third kappa shape index (κ3) is 1.92. The first-order chi connectivity index (χ1) is 5.75. The molecule has 0 fully saturated rings. The molecule has 0 bridgehead atoms. The molecule has 3 nitrogen and oxygen atoms in total. The number of nitrogens with zero attached hydrogens (tertiary/aromatic N) is 1. The number of carbonyl (C=O) groups is 1. The van der Waals surface area contributed by atoms with Crippen LogP contribution in [0.15, 0.2) is 30.3 Å². The summed E-state index contributed by atoms with van der Waals surface area (Å²) in [7, 11) is 1.31. The summed E-state index contributed by atoms with van der Waals surface area (Å²) in [5.41, 5.74) is 0.688. The number of para-hydroxylation sites is 1. The first-order valence-corrected chi connectivity index (χ1v) is 3.77. The monoisotopic (exact) mass is 183 g/mol. The predicted molar refractivity (Wildman–Crippen MR) is 50.3 cm³/mol. The van der Waals surface area contributed by atoms with E-state index in [9.17, 15) is 4.79 Å². The number of carbonyl (C=O) groups excluding carboxylic acids is 1. The van der Waals surface area contributed by atoms with E-state index in [1.54, 1.807) is 12.1 Å². The first kappa shape index (κ1) is 8.93. The standard InChI is InChI=1S/C8H9NO2S/c1-11-8(10)9(12)7-5-3-2-4-6-7/h2-6,12H,1H3. The summed E-state index contributed by atoms with van der Waals surface area (Å²) in [4.78, 5) is 10.9. The lowest BCUT2D eigenvalue weighted by Gasteiger charge is -2.12. The Morgan fingerprint density at radius 1 is 1.42 bits per heavy atom. The molecule has 0 aliphatic carbocycles. The number of rotatable bonds is 1. The van der Waals surface area contributed by atoms with Crippen LogP contribution in [-0.4, -0.2) is 13.2 Å². The average molecular weight is 183 g/mol. The van der Waals surface area contributed by atoms with Crippen molar-refractivity contribution in [3.05, 3.63) is 30.3 Å². The SMILES string of the molecule is COC(=O)N(S)c1ccccc1. The predicted octanol–water partition coefficient (Wildman–Crippen LogP) is 2.10. The van der Waals surface area contributed by atoms with Gasteiger partial charge in [0.25, 0.3) is 0 Å². The molecule has 12 heavy (non-hydrogen) atoms. The lowest BCUT2D eigenvalue weighted by Crippen LogP contribution is -2.20. The molecule has 0 spiro atoms. The maximum atomic E-state index is 10.9. The average Bonchev–Trinajstić information content (AvgIpc) is 2.17. The third-order valence-corrected chi connectivity index (χ3v) is 1.74. The van der Waals surface area contributed by atoms with E-state index in [1.807, 2.05) is 18.2 Å². The molecule has 0 heterocycles. The molecule has 0 aliphatic heterocycles. The van der Waals surface area contributed by atoms with Gasteiger partial charge in [-0.1, -0.05) is 31.0 Å². The van der Waals surface area contributed by atoms with Crippen LogP contribution in [0, 0.1) is 0 Å². The molecular formula is C8H9NO2S. The Morgan fingerprint density at radius 3 is 2.50 bits per heavy atom. The van der Waals surface area contributed by atoms with Crippen molar-refractivity contribution in [3.8, 4) is 0 Å². The van der Waals surface area contributed by atoms with Crippen LogP contribution in [0.25, 0.3) is 0 Å². The highest BCUT2D eigenvalue weighted by atomic mass is 32.1. The molecule has 64 valence electrons. The molecule has 0 aromatic heterocycles. The molecular weight excluding hydrogens is 174 g/mol. The van der Waals surface area contributed by atoms with Crippen LogP contribution in [0.5, 0.6) is 0 Å². The Morgan fingerprint density at radius 2 is 2.00 bits per heavy atom. The van der Waals surface area contributed by atoms with Crippen LogP contribution < -0.4 is 4.31 Å². The minimum atomic E-state index is -0.496. The van der Waals surface area contributed by atoms with Gasteiger partial charge in [-0.05, 0) is 12.1 Å². The Balaban J connectivity index is 2.78. The van der Waals surface area contributed by atoms with Gasteiger partial charge in [-0.3, -0.25) is 0 Å². The molecule has 1 amide bonds. The lowest BCUT2D eigenvalue weighted by molar-refractivity contribution is 0.183. The van der Waals surface area contributed by atoms with Gasteiger partial charge in [-0.2, -0.15) is 0 Å². The molecule has 1 aromatic rings. The molecule has 0 radical (unpaired) electrons. The van der Waals surface area contributed by atoms with Crippen molar-refractivity contribution in [1.82, 2.24) is 0 Å². The summed E-state index contributed by atoms with van der Waals surface area (Å²) in [5.74, 6) is 0. The molecule has 0 unspecified atom stereocenters. The maximum absolute atomic E-state index is 10.9. The van der Waals surface area contributed by atoms with Crippen LogP contribution in [0.1, 0.15) is 0 Å². The normalized spacial score (nSPS) is 9.17. The maximum Gasteiger partial charge on any atom is 0.424 e. The highest BCUT2D eigenvalue weighted by molar-refractivity contribution is 7.82. The number of hydrogen-bond donors (Lipinski definition) is 1. The van der Waals surface area contributed by atoms with Gasteiger partial charge in [-0.15, -0.1) is 0 Å². The fraction of sp³-hybridized carbons (Fsp3) is 0.125. The molecule has 0 saturated carbocycles. The van der Waals surface area contributed by atoms with Crippen molar-refractivity contribution in [2.45, 2.75) is 0 Å². The smallest absolute Gasteiger partial charge is 0.424 e. The van der Waals surface area contributed by atoms with Gasteiger partial charge in [-0.25, -0.2) is 9.10 Å². The van der Waals surface area contributed by atoms with E-state index in [4.69, 9.17) is 0 Å². The van der Waals surface area contributed by atoms with Crippen molar-refractivity contribution < 1.29 is 9.53 Å². The topological polar surface area (TPSA) is 29.5 Å². The second kappa shape index (κ2) is 4.01. The number of benzene rings is 1. The summed E-state index contributed by atoms with van der Waals surface area (Å²) in [6.45, 7) is 0. The van der Waals surface area contributed by atoms with Crippen molar-refractivity contribution in [2.24, 2.45) is 0 Å². The van der Waals surface area contributed by atoms with Crippen LogP contribution in [0.4, 0.5) is 10.5 Å². The van der Waals surface area contributed by atoms with E-state index in [0.717, 1.165) is 4.31 Å². The number of hydrogen-bond acceptors (Lipinski definition) is 3. The largest absolute Gasteiger partial charge is 0.452 e. The van der Waals surface area contributed by atoms with Crippen LogP contribution in [0.3, 0.4) is 0 Å². The van der Waals surface area contributed by atoms with E-state index < -0.39 is 6.09 Å². The van der Waals surface area contributed by atoms with Gasteiger partial charge in [0.15, 0.2) is 0 Å². The number of methoxy groups -OCH3 is 1. The quantitative estimate of drug-likeness (QED) is 0.676. The lowest BCUT2D eigenvalue weighted by atomic mass is 10.3. The molecule has 0 aliphatic rings. The Labute approximate surface area is 76.5 Å². The van der Waals surface area contributed by atoms with Gasteiger partial charge in [0.2, 0.25) is 0 Å². The summed E-state index contributed by atoms with van der Waals surface area (Å²) < 4.78 is 5.62. The fourth-order valence-electron chi connectivity index (χ4n) is 0.761. The Kier molecular flexibility index (Phi) is 2.99. The highest BCUT2D eigenvalue weighted by Gasteiger charge is 2.10. The molecule has 1 aromatic carbocycles. The Bertz CT molecular complexity index is 263. The van der Waals surface area contributed by atoms with Crippen molar-refractivity contribution in [1.29, 1.82) is 0 Å². The van der Waals surface area contributed by atoms with Crippen LogP contribution in [0.2, 0.25) is 0 Å². The van der Waals surface area contributed by atoms with E-state index in [1.165, 1.54) is 7.11 Å². The zero-order valence-corrected chi connectivity index (χ0v) is 7.49. The molecule has 4 heteroatoms. The van der Waals surface area contributed by atoms with Gasteiger partial charge in [0.05, 0.1) is 12.8 Å². The third-order valence-electron chi connectivity index (χ3n) is 1.35. The van der Waals surface area contributed by atoms with Gasteiger partial charge >= 0.3 is 6.09 Å². The number of anilines is 1. The zero-order valence-electron chi connectivity index (χ0n) is 6.60. The summed E-state index contributed by atoms with van der Waals surface area (Å²) in [5, 5.41) is 0. The van der Waals surface area contributed by atoms with E-state index in [2.05, 4.69) is 17.6 Å².